The summed E-state index contributed by atoms with van der Waals surface area (Å²) in [6, 6.07) is 11.5. The average molecular weight is 399 g/mol. The van der Waals surface area contributed by atoms with Crippen LogP contribution in [0.15, 0.2) is 48.5 Å². The van der Waals surface area contributed by atoms with Gasteiger partial charge in [0.05, 0.1) is 4.92 Å². The first-order valence-electron chi connectivity index (χ1n) is 8.26. The quantitative estimate of drug-likeness (QED) is 0.217. The van der Waals surface area contributed by atoms with Crippen LogP contribution in [0.3, 0.4) is 0 Å². The molecule has 2 aromatic carbocycles. The standard InChI is InChI=1S/C20H15ClN2O5/c1-12-20(14-4-2-3-5-16(14)22-12)18(24)11-28-19(25)9-7-13-6-8-15(21)17(10-13)23(26)27/h2-10,22H,11H2,1H3. The number of hydrogen-bond acceptors (Lipinski definition) is 5. The number of aromatic nitrogens is 1. The van der Waals surface area contributed by atoms with Gasteiger partial charge in [-0.1, -0.05) is 35.9 Å². The van der Waals surface area contributed by atoms with Gasteiger partial charge in [-0.15, -0.1) is 0 Å². The van der Waals surface area contributed by atoms with Crippen molar-refractivity contribution in [2.24, 2.45) is 0 Å². The van der Waals surface area contributed by atoms with E-state index >= 15 is 0 Å². The normalized spacial score (nSPS) is 11.1. The van der Waals surface area contributed by atoms with Gasteiger partial charge in [0.1, 0.15) is 5.02 Å². The lowest BCUT2D eigenvalue weighted by molar-refractivity contribution is -0.384. The van der Waals surface area contributed by atoms with E-state index in [1.807, 2.05) is 24.3 Å². The van der Waals surface area contributed by atoms with Gasteiger partial charge < -0.3 is 9.72 Å². The Balaban J connectivity index is 1.66. The van der Waals surface area contributed by atoms with Crippen LogP contribution in [0.5, 0.6) is 0 Å². The zero-order valence-corrected chi connectivity index (χ0v) is 15.5. The number of fused-ring (bicyclic) bond motifs is 1. The molecule has 0 bridgehead atoms. The lowest BCUT2D eigenvalue weighted by atomic mass is 10.1. The fourth-order valence-corrected chi connectivity index (χ4v) is 3.02. The van der Waals surface area contributed by atoms with Crippen molar-refractivity contribution in [2.45, 2.75) is 6.92 Å². The van der Waals surface area contributed by atoms with Crippen LogP contribution in [-0.2, 0) is 9.53 Å². The molecule has 1 N–H and O–H groups in total. The molecule has 0 unspecified atom stereocenters. The Kier molecular flexibility index (Phi) is 5.56. The van der Waals surface area contributed by atoms with E-state index in [1.165, 1.54) is 24.3 Å². The first kappa shape index (κ1) is 19.3. The van der Waals surface area contributed by atoms with E-state index in [0.29, 0.717) is 16.8 Å². The number of aromatic amines is 1. The summed E-state index contributed by atoms with van der Waals surface area (Å²) in [7, 11) is 0. The molecule has 0 radical (unpaired) electrons. The minimum absolute atomic E-state index is 0.00409. The van der Waals surface area contributed by atoms with E-state index in [2.05, 4.69) is 4.98 Å². The van der Waals surface area contributed by atoms with Crippen LogP contribution in [0.1, 0.15) is 21.6 Å². The van der Waals surface area contributed by atoms with E-state index in [9.17, 15) is 19.7 Å². The third-order valence-corrected chi connectivity index (χ3v) is 4.42. The molecule has 3 rings (SSSR count). The summed E-state index contributed by atoms with van der Waals surface area (Å²) >= 11 is 5.74. The second kappa shape index (κ2) is 8.06. The Morgan fingerprint density at radius 3 is 2.75 bits per heavy atom. The Hall–Kier alpha value is -3.45. The predicted octanol–water partition coefficient (Wildman–Crippen LogP) is 4.48. The fourth-order valence-electron chi connectivity index (χ4n) is 2.83. The van der Waals surface area contributed by atoms with Crippen molar-refractivity contribution < 1.29 is 19.2 Å². The Morgan fingerprint density at radius 2 is 2.00 bits per heavy atom. The van der Waals surface area contributed by atoms with Gasteiger partial charge >= 0.3 is 5.97 Å². The van der Waals surface area contributed by atoms with Crippen molar-refractivity contribution in [1.29, 1.82) is 0 Å². The largest absolute Gasteiger partial charge is 0.454 e. The number of carbonyl (C=O) groups is 2. The van der Waals surface area contributed by atoms with Gasteiger partial charge in [0, 0.05) is 34.3 Å². The highest BCUT2D eigenvalue weighted by Gasteiger charge is 2.17. The van der Waals surface area contributed by atoms with E-state index in [0.717, 1.165) is 17.0 Å². The molecule has 1 heterocycles. The number of nitrogens with one attached hydrogen (secondary N) is 1. The molecule has 0 fully saturated rings. The number of ketones is 1. The first-order valence-corrected chi connectivity index (χ1v) is 8.64. The minimum atomic E-state index is -0.733. The van der Waals surface area contributed by atoms with Gasteiger partial charge in [0.25, 0.3) is 5.69 Å². The molecular weight excluding hydrogens is 384 g/mol. The molecule has 8 heteroatoms. The molecule has 7 nitrogen and oxygen atoms in total. The van der Waals surface area contributed by atoms with Crippen molar-refractivity contribution in [2.75, 3.05) is 6.61 Å². The number of nitrogens with zero attached hydrogens (tertiary/aromatic N) is 1. The fraction of sp³-hybridized carbons (Fsp3) is 0.100. The number of para-hydroxylation sites is 1. The van der Waals surface area contributed by atoms with Gasteiger partial charge in [0.2, 0.25) is 5.78 Å². The zero-order valence-electron chi connectivity index (χ0n) is 14.8. The Bertz CT molecular complexity index is 1120. The van der Waals surface area contributed by atoms with Crippen LogP contribution >= 0.6 is 11.6 Å². The smallest absolute Gasteiger partial charge is 0.331 e. The van der Waals surface area contributed by atoms with Gasteiger partial charge in [-0.2, -0.15) is 0 Å². The van der Waals surface area contributed by atoms with Gasteiger partial charge in [0.15, 0.2) is 6.61 Å². The van der Waals surface area contributed by atoms with Crippen LogP contribution in [0.25, 0.3) is 17.0 Å². The number of H-pyrrole nitrogens is 1. The number of carbonyl (C=O) groups excluding carboxylic acids is 2. The number of benzene rings is 2. The number of nitro benzene ring substituents is 1. The third kappa shape index (κ3) is 4.10. The topological polar surface area (TPSA) is 102 Å². The number of ether oxygens (including phenoxy) is 1. The molecule has 0 spiro atoms. The maximum absolute atomic E-state index is 12.5. The highest BCUT2D eigenvalue weighted by atomic mass is 35.5. The minimum Gasteiger partial charge on any atom is -0.454 e. The summed E-state index contributed by atoms with van der Waals surface area (Å²) in [6.45, 7) is 1.37. The number of aryl methyl sites for hydroxylation is 1. The maximum atomic E-state index is 12.5. The molecule has 3 aromatic rings. The Labute approximate surface area is 164 Å². The van der Waals surface area contributed by atoms with Crippen LogP contribution in [0.4, 0.5) is 5.69 Å². The number of nitro groups is 1. The second-order valence-electron chi connectivity index (χ2n) is 6.00. The second-order valence-corrected chi connectivity index (χ2v) is 6.41. The lowest BCUT2D eigenvalue weighted by Crippen LogP contribution is -2.13. The van der Waals surface area contributed by atoms with Crippen molar-refractivity contribution in [1.82, 2.24) is 4.98 Å². The first-order chi connectivity index (χ1) is 13.4. The number of esters is 1. The average Bonchev–Trinajstić information content (AvgIpc) is 3.01. The van der Waals surface area contributed by atoms with Crippen molar-refractivity contribution >= 4 is 46.0 Å². The molecule has 0 atom stereocenters. The summed E-state index contributed by atoms with van der Waals surface area (Å²) in [6.07, 6.45) is 2.45. The van der Waals surface area contributed by atoms with E-state index in [4.69, 9.17) is 16.3 Å². The van der Waals surface area contributed by atoms with Crippen molar-refractivity contribution in [3.05, 3.63) is 80.5 Å². The van der Waals surface area contributed by atoms with Gasteiger partial charge in [-0.05, 0) is 30.7 Å². The highest BCUT2D eigenvalue weighted by Crippen LogP contribution is 2.25. The SMILES string of the molecule is Cc1[nH]c2ccccc2c1C(=O)COC(=O)C=Cc1ccc(Cl)c([N+](=O)[O-])c1. The molecule has 0 aliphatic heterocycles. The summed E-state index contributed by atoms with van der Waals surface area (Å²) in [5.41, 5.74) is 2.17. The molecule has 0 aliphatic rings. The lowest BCUT2D eigenvalue weighted by Gasteiger charge is -2.02. The van der Waals surface area contributed by atoms with Gasteiger partial charge in [-0.25, -0.2) is 4.79 Å². The predicted molar refractivity (Wildman–Crippen MR) is 105 cm³/mol. The van der Waals surface area contributed by atoms with Crippen LogP contribution in [0, 0.1) is 17.0 Å². The molecule has 0 amide bonds. The molecule has 0 aliphatic carbocycles. The van der Waals surface area contributed by atoms with Crippen LogP contribution in [0.2, 0.25) is 5.02 Å². The van der Waals surface area contributed by atoms with E-state index < -0.39 is 17.5 Å². The van der Waals surface area contributed by atoms with E-state index in [-0.39, 0.29) is 16.5 Å². The van der Waals surface area contributed by atoms with Crippen molar-refractivity contribution in [3.63, 3.8) is 0 Å². The summed E-state index contributed by atoms with van der Waals surface area (Å²) < 4.78 is 5.01. The molecule has 0 saturated carbocycles. The number of Topliss-reactive ketones (excluding diaryl/α,β-unsaturated/α-hetero) is 1. The van der Waals surface area contributed by atoms with E-state index in [1.54, 1.807) is 6.92 Å². The van der Waals surface area contributed by atoms with Crippen LogP contribution < -0.4 is 0 Å². The highest BCUT2D eigenvalue weighted by molar-refractivity contribution is 6.32. The molecule has 0 saturated heterocycles. The monoisotopic (exact) mass is 398 g/mol. The molecular formula is C20H15ClN2O5. The maximum Gasteiger partial charge on any atom is 0.331 e. The van der Waals surface area contributed by atoms with Crippen LogP contribution in [-0.4, -0.2) is 28.3 Å². The third-order valence-electron chi connectivity index (χ3n) is 4.10. The van der Waals surface area contributed by atoms with Gasteiger partial charge in [-0.3, -0.25) is 14.9 Å². The summed E-state index contributed by atoms with van der Waals surface area (Å²) in [5.74, 6) is -1.05. The van der Waals surface area contributed by atoms with Crippen molar-refractivity contribution in [3.8, 4) is 0 Å². The molecule has 142 valence electrons. The molecule has 1 aromatic heterocycles. The summed E-state index contributed by atoms with van der Waals surface area (Å²) in [4.78, 5) is 37.8. The summed E-state index contributed by atoms with van der Waals surface area (Å²) in [5, 5.41) is 11.7. The number of hydrogen-bond donors (Lipinski definition) is 1. The Morgan fingerprint density at radius 1 is 1.25 bits per heavy atom. The number of rotatable bonds is 6. The zero-order chi connectivity index (χ0) is 20.3. The molecule has 28 heavy (non-hydrogen) atoms. The number of halogens is 1.